The number of carbonyl (C=O) groups excluding carboxylic acids is 1. The zero-order chi connectivity index (χ0) is 21.1. The van der Waals surface area contributed by atoms with E-state index in [2.05, 4.69) is 10.1 Å². The number of aryl methyl sites for hydroxylation is 1. The molecule has 2 aromatic heterocycles. The number of carbonyl (C=O) groups is 1. The molecule has 0 radical (unpaired) electrons. The zero-order valence-corrected chi connectivity index (χ0v) is 16.9. The third-order valence-electron chi connectivity index (χ3n) is 5.08. The van der Waals surface area contributed by atoms with Gasteiger partial charge in [0.15, 0.2) is 0 Å². The molecule has 0 N–H and O–H groups in total. The Labute approximate surface area is 173 Å². The van der Waals surface area contributed by atoms with Crippen molar-refractivity contribution in [3.63, 3.8) is 0 Å². The van der Waals surface area contributed by atoms with Gasteiger partial charge in [0.05, 0.1) is 19.0 Å². The van der Waals surface area contributed by atoms with E-state index in [0.29, 0.717) is 25.4 Å². The third-order valence-corrected chi connectivity index (χ3v) is 5.08. The van der Waals surface area contributed by atoms with Crippen LogP contribution in [0.15, 0.2) is 53.5 Å². The molecule has 0 spiro atoms. The summed E-state index contributed by atoms with van der Waals surface area (Å²) >= 11 is 0. The average Bonchev–Trinajstić information content (AvgIpc) is 2.78. The molecule has 0 bridgehead atoms. The molecule has 1 aliphatic rings. The Bertz CT molecular complexity index is 1120. The summed E-state index contributed by atoms with van der Waals surface area (Å²) in [5.74, 6) is 1.23. The SMILES string of the molecule is COc1ccc(COc2ccc3c(c2)CN(C(=O)c2ccc(=O)n(C)n2)CC3)nc1. The molecule has 8 heteroatoms. The van der Waals surface area contributed by atoms with Crippen LogP contribution in [0.1, 0.15) is 27.3 Å². The molecule has 0 saturated heterocycles. The van der Waals surface area contributed by atoms with Crippen LogP contribution in [0.3, 0.4) is 0 Å². The largest absolute Gasteiger partial charge is 0.495 e. The number of ether oxygens (including phenoxy) is 2. The van der Waals surface area contributed by atoms with Crippen LogP contribution < -0.4 is 15.0 Å². The molecule has 1 aromatic carbocycles. The van der Waals surface area contributed by atoms with Crippen LogP contribution in [0.2, 0.25) is 0 Å². The molecule has 0 fully saturated rings. The van der Waals surface area contributed by atoms with Gasteiger partial charge in [-0.25, -0.2) is 4.68 Å². The summed E-state index contributed by atoms with van der Waals surface area (Å²) in [6, 6.07) is 12.5. The van der Waals surface area contributed by atoms with Gasteiger partial charge in [-0.3, -0.25) is 14.6 Å². The van der Waals surface area contributed by atoms with Crippen molar-refractivity contribution in [3.05, 3.63) is 81.5 Å². The number of hydrogen-bond donors (Lipinski definition) is 0. The van der Waals surface area contributed by atoms with Crippen molar-refractivity contribution in [2.24, 2.45) is 7.05 Å². The predicted octanol–water partition coefficient (Wildman–Crippen LogP) is 1.96. The van der Waals surface area contributed by atoms with Gasteiger partial charge in [-0.05, 0) is 47.9 Å². The Kier molecular flexibility index (Phi) is 5.47. The summed E-state index contributed by atoms with van der Waals surface area (Å²) in [6.45, 7) is 1.41. The van der Waals surface area contributed by atoms with Gasteiger partial charge in [0.1, 0.15) is 23.8 Å². The predicted molar refractivity (Wildman–Crippen MR) is 109 cm³/mol. The van der Waals surface area contributed by atoms with Crippen LogP contribution in [0.5, 0.6) is 11.5 Å². The molecule has 4 rings (SSSR count). The molecule has 0 aliphatic carbocycles. The highest BCUT2D eigenvalue weighted by Crippen LogP contribution is 2.25. The second-order valence-electron chi connectivity index (χ2n) is 7.07. The van der Waals surface area contributed by atoms with E-state index in [1.54, 1.807) is 18.2 Å². The van der Waals surface area contributed by atoms with Gasteiger partial charge in [-0.15, -0.1) is 0 Å². The number of nitrogens with zero attached hydrogens (tertiary/aromatic N) is 4. The Morgan fingerprint density at radius 2 is 1.93 bits per heavy atom. The maximum atomic E-state index is 12.8. The summed E-state index contributed by atoms with van der Waals surface area (Å²) in [5.41, 5.74) is 3.05. The highest BCUT2D eigenvalue weighted by Gasteiger charge is 2.23. The van der Waals surface area contributed by atoms with Gasteiger partial charge in [-0.2, -0.15) is 5.10 Å². The van der Waals surface area contributed by atoms with E-state index in [4.69, 9.17) is 9.47 Å². The van der Waals surface area contributed by atoms with E-state index in [1.807, 2.05) is 30.3 Å². The van der Waals surface area contributed by atoms with Gasteiger partial charge in [0.2, 0.25) is 0 Å². The van der Waals surface area contributed by atoms with Gasteiger partial charge in [-0.1, -0.05) is 6.07 Å². The van der Waals surface area contributed by atoms with E-state index in [9.17, 15) is 9.59 Å². The molecule has 0 atom stereocenters. The van der Waals surface area contributed by atoms with Crippen LogP contribution in [0, 0.1) is 0 Å². The zero-order valence-electron chi connectivity index (χ0n) is 16.9. The molecule has 0 unspecified atom stereocenters. The summed E-state index contributed by atoms with van der Waals surface area (Å²) in [7, 11) is 3.13. The molecule has 154 valence electrons. The summed E-state index contributed by atoms with van der Waals surface area (Å²) in [5, 5.41) is 4.07. The maximum absolute atomic E-state index is 12.8. The number of fused-ring (bicyclic) bond motifs is 1. The lowest BCUT2D eigenvalue weighted by Gasteiger charge is -2.29. The third kappa shape index (κ3) is 4.17. The molecule has 8 nitrogen and oxygen atoms in total. The number of benzene rings is 1. The Morgan fingerprint density at radius 1 is 1.10 bits per heavy atom. The van der Waals surface area contributed by atoms with E-state index < -0.39 is 0 Å². The van der Waals surface area contributed by atoms with Crippen LogP contribution in [0.4, 0.5) is 0 Å². The highest BCUT2D eigenvalue weighted by molar-refractivity contribution is 5.92. The molecular weight excluding hydrogens is 384 g/mol. The van der Waals surface area contributed by atoms with E-state index in [0.717, 1.165) is 23.4 Å². The minimum Gasteiger partial charge on any atom is -0.495 e. The quantitative estimate of drug-likeness (QED) is 0.644. The molecule has 1 aliphatic heterocycles. The van der Waals surface area contributed by atoms with Crippen molar-refractivity contribution in [1.29, 1.82) is 0 Å². The summed E-state index contributed by atoms with van der Waals surface area (Å²) in [6.07, 6.45) is 2.41. The number of pyridine rings is 1. The van der Waals surface area contributed by atoms with Crippen molar-refractivity contribution in [3.8, 4) is 11.5 Å². The smallest absolute Gasteiger partial charge is 0.274 e. The average molecular weight is 406 g/mol. The van der Waals surface area contributed by atoms with Crippen molar-refractivity contribution in [1.82, 2.24) is 19.7 Å². The van der Waals surface area contributed by atoms with Crippen LogP contribution in [-0.2, 0) is 26.6 Å². The van der Waals surface area contributed by atoms with E-state index in [1.165, 1.54) is 29.4 Å². The molecule has 30 heavy (non-hydrogen) atoms. The fourth-order valence-electron chi connectivity index (χ4n) is 3.35. The number of hydrogen-bond acceptors (Lipinski definition) is 6. The second kappa shape index (κ2) is 8.36. The fourth-order valence-corrected chi connectivity index (χ4v) is 3.35. The maximum Gasteiger partial charge on any atom is 0.274 e. The lowest BCUT2D eigenvalue weighted by atomic mass is 9.99. The fraction of sp³-hybridized carbons (Fsp3) is 0.273. The first-order valence-electron chi connectivity index (χ1n) is 9.60. The number of methoxy groups -OCH3 is 1. The first kappa shape index (κ1) is 19.6. The van der Waals surface area contributed by atoms with Crippen LogP contribution in [-0.4, -0.2) is 39.2 Å². The number of amides is 1. The first-order chi connectivity index (χ1) is 14.5. The van der Waals surface area contributed by atoms with Crippen molar-refractivity contribution in [2.45, 2.75) is 19.6 Å². The van der Waals surface area contributed by atoms with Gasteiger partial charge < -0.3 is 14.4 Å². The van der Waals surface area contributed by atoms with Crippen molar-refractivity contribution >= 4 is 5.91 Å². The van der Waals surface area contributed by atoms with Crippen molar-refractivity contribution in [2.75, 3.05) is 13.7 Å². The van der Waals surface area contributed by atoms with Crippen molar-refractivity contribution < 1.29 is 14.3 Å². The normalized spacial score (nSPS) is 12.9. The topological polar surface area (TPSA) is 86.5 Å². The standard InChI is InChI=1S/C22H22N4O4/c1-25-21(27)8-7-20(24-25)22(28)26-10-9-15-3-5-18(11-16(15)13-26)30-14-17-4-6-19(29-2)12-23-17/h3-8,11-12H,9-10,13-14H2,1-2H3. The lowest BCUT2D eigenvalue weighted by molar-refractivity contribution is 0.0725. The Balaban J connectivity index is 1.45. The number of aromatic nitrogens is 3. The summed E-state index contributed by atoms with van der Waals surface area (Å²) < 4.78 is 12.2. The number of rotatable bonds is 5. The minimum atomic E-state index is -0.247. The van der Waals surface area contributed by atoms with Gasteiger partial charge >= 0.3 is 0 Å². The molecule has 3 heterocycles. The van der Waals surface area contributed by atoms with E-state index in [-0.39, 0.29) is 17.2 Å². The van der Waals surface area contributed by atoms with Gasteiger partial charge in [0.25, 0.3) is 11.5 Å². The molecule has 0 saturated carbocycles. The Hall–Kier alpha value is -3.68. The molecule has 3 aromatic rings. The monoisotopic (exact) mass is 406 g/mol. The summed E-state index contributed by atoms with van der Waals surface area (Å²) in [4.78, 5) is 30.4. The highest BCUT2D eigenvalue weighted by atomic mass is 16.5. The lowest BCUT2D eigenvalue weighted by Crippen LogP contribution is -2.37. The Morgan fingerprint density at radius 3 is 2.67 bits per heavy atom. The van der Waals surface area contributed by atoms with Crippen LogP contribution in [0.25, 0.3) is 0 Å². The molecular formula is C22H22N4O4. The minimum absolute atomic E-state index is 0.190. The van der Waals surface area contributed by atoms with Crippen LogP contribution >= 0.6 is 0 Å². The first-order valence-corrected chi connectivity index (χ1v) is 9.60. The molecule has 1 amide bonds. The van der Waals surface area contributed by atoms with Gasteiger partial charge in [0, 0.05) is 26.2 Å². The second-order valence-corrected chi connectivity index (χ2v) is 7.07. The van der Waals surface area contributed by atoms with E-state index >= 15 is 0 Å².